The molecule has 3 heterocycles. The number of hydrogen-bond acceptors (Lipinski definition) is 9. The minimum atomic E-state index is -6.00. The van der Waals surface area contributed by atoms with Gasteiger partial charge in [0.2, 0.25) is 5.69 Å². The standard InChI is InChI=1S/C31H36BrN7O4.2BF4/c1-40-26-8-6-25(7-9-26)34-36-30-28(38-12-18-42-19-13-38)22-27(37-10-16-41-17-11-37)29(31(30)39-14-20-43-21-15-39)35-33-24-4-2-23(32)3-5-24;2*2-1(3,4)5/h2-9,22H,10-21H2,1H3;;/q;2*-1/p+2. The number of halogens is 9. The second-order valence-electron chi connectivity index (χ2n) is 11.6. The van der Waals surface area contributed by atoms with Gasteiger partial charge in [-0.15, -0.1) is 10.2 Å². The first-order valence-corrected chi connectivity index (χ1v) is 17.4. The molecule has 0 aliphatic carbocycles. The maximum atomic E-state index is 9.75. The van der Waals surface area contributed by atoms with Crippen LogP contribution in [0.15, 0.2) is 79.5 Å². The van der Waals surface area contributed by atoms with Gasteiger partial charge in [0.25, 0.3) is 0 Å². The first-order valence-electron chi connectivity index (χ1n) is 16.6. The van der Waals surface area contributed by atoms with Crippen molar-refractivity contribution in [2.45, 2.75) is 0 Å². The van der Waals surface area contributed by atoms with Crippen LogP contribution in [0.4, 0.5) is 74.3 Å². The molecule has 0 bridgehead atoms. The topological polar surface area (TPSA) is 98.5 Å². The smallest absolute Gasteiger partial charge is 0.497 e. The first-order chi connectivity index (χ1) is 25.2. The lowest BCUT2D eigenvalue weighted by atomic mass is 10.1. The van der Waals surface area contributed by atoms with Gasteiger partial charge >= 0.3 is 14.5 Å². The average Bonchev–Trinajstić information content (AvgIpc) is 3.13. The van der Waals surface area contributed by atoms with Crippen molar-refractivity contribution in [3.8, 4) is 5.75 Å². The van der Waals surface area contributed by atoms with Crippen LogP contribution in [0.1, 0.15) is 0 Å². The number of morpholine rings is 3. The highest BCUT2D eigenvalue weighted by Gasteiger charge is 2.35. The number of benzene rings is 3. The fourth-order valence-electron chi connectivity index (χ4n) is 5.63. The number of quaternary nitrogens is 2. The molecule has 6 rings (SSSR count). The zero-order valence-electron chi connectivity index (χ0n) is 28.6. The molecule has 3 aromatic carbocycles. The van der Waals surface area contributed by atoms with Gasteiger partial charge in [0.05, 0.1) is 63.8 Å². The summed E-state index contributed by atoms with van der Waals surface area (Å²) < 4.78 is 102. The first kappa shape index (κ1) is 42.1. The Morgan fingerprint density at radius 2 is 1.06 bits per heavy atom. The summed E-state index contributed by atoms with van der Waals surface area (Å²) in [5.74, 6) is 0.778. The maximum Gasteiger partial charge on any atom is 0.673 e. The third-order valence-corrected chi connectivity index (χ3v) is 8.49. The molecule has 0 unspecified atom stereocenters. The molecule has 11 nitrogen and oxygen atoms in total. The van der Waals surface area contributed by atoms with Crippen molar-refractivity contribution in [2.24, 2.45) is 20.5 Å². The van der Waals surface area contributed by atoms with Gasteiger partial charge in [-0.2, -0.15) is 10.2 Å². The van der Waals surface area contributed by atoms with E-state index in [0.29, 0.717) is 39.6 Å². The molecule has 3 aliphatic rings. The normalized spacial score (nSPS) is 17.7. The minimum absolute atomic E-state index is 0.662. The largest absolute Gasteiger partial charge is 0.673 e. The van der Waals surface area contributed by atoms with E-state index in [1.165, 1.54) is 9.80 Å². The Balaban J connectivity index is 0.000000556. The van der Waals surface area contributed by atoms with Crippen LogP contribution < -0.4 is 19.4 Å². The van der Waals surface area contributed by atoms with Gasteiger partial charge in [-0.05, 0) is 48.5 Å². The van der Waals surface area contributed by atoms with E-state index in [-0.39, 0.29) is 0 Å². The number of anilines is 1. The van der Waals surface area contributed by atoms with E-state index in [1.54, 1.807) is 7.11 Å². The third-order valence-electron chi connectivity index (χ3n) is 7.96. The Labute approximate surface area is 309 Å². The van der Waals surface area contributed by atoms with Crippen molar-refractivity contribution in [3.05, 3.63) is 59.1 Å². The average molecular weight is 826 g/mol. The molecule has 3 aliphatic heterocycles. The highest BCUT2D eigenvalue weighted by atomic mass is 79.9. The number of ether oxygens (including phenoxy) is 4. The predicted molar refractivity (Wildman–Crippen MR) is 188 cm³/mol. The SMILES string of the molecule is COc1ccc(N=Nc2c(N3CCOCC3)cc([NH+]3CCOCC3)c(N=Nc3ccc(Br)cc3)c2[NH+]2CCOCC2)cc1.F[B-](F)(F)F.F[B-](F)(F)F. The van der Waals surface area contributed by atoms with E-state index in [0.717, 1.165) is 89.3 Å². The van der Waals surface area contributed by atoms with Crippen LogP contribution in [0.5, 0.6) is 5.75 Å². The summed E-state index contributed by atoms with van der Waals surface area (Å²) in [4.78, 5) is 4.97. The number of rotatable bonds is 8. The molecule has 3 aromatic rings. The van der Waals surface area contributed by atoms with E-state index in [2.05, 4.69) is 26.9 Å². The molecule has 3 saturated heterocycles. The summed E-state index contributed by atoms with van der Waals surface area (Å²) in [6, 6.07) is 17.8. The molecule has 0 aromatic heterocycles. The quantitative estimate of drug-likeness (QED) is 0.148. The van der Waals surface area contributed by atoms with Crippen LogP contribution in [0.2, 0.25) is 0 Å². The fourth-order valence-corrected chi connectivity index (χ4v) is 5.89. The summed E-state index contributed by atoms with van der Waals surface area (Å²) in [5.41, 5.74) is 6.37. The van der Waals surface area contributed by atoms with Gasteiger partial charge in [0.1, 0.15) is 31.9 Å². The van der Waals surface area contributed by atoms with Crippen molar-refractivity contribution in [1.29, 1.82) is 0 Å². The lowest BCUT2D eigenvalue weighted by molar-refractivity contribution is -0.846. The van der Waals surface area contributed by atoms with Gasteiger partial charge in [0.15, 0.2) is 17.1 Å². The zero-order chi connectivity index (χ0) is 38.4. The Kier molecular flexibility index (Phi) is 16.0. The number of nitrogens with zero attached hydrogens (tertiary/aromatic N) is 5. The fraction of sp³-hybridized carbons (Fsp3) is 0.419. The number of methoxy groups -OCH3 is 1. The molecule has 0 saturated carbocycles. The minimum Gasteiger partial charge on any atom is -0.497 e. The Morgan fingerprint density at radius 1 is 0.623 bits per heavy atom. The molecule has 53 heavy (non-hydrogen) atoms. The highest BCUT2D eigenvalue weighted by Crippen LogP contribution is 2.46. The van der Waals surface area contributed by atoms with E-state index >= 15 is 0 Å². The van der Waals surface area contributed by atoms with E-state index in [1.807, 2.05) is 48.5 Å². The summed E-state index contributed by atoms with van der Waals surface area (Å²) in [7, 11) is -10.3. The number of nitrogens with one attached hydrogen (secondary N) is 2. The van der Waals surface area contributed by atoms with Crippen molar-refractivity contribution >= 4 is 70.3 Å². The van der Waals surface area contributed by atoms with Crippen LogP contribution in [0.25, 0.3) is 0 Å². The van der Waals surface area contributed by atoms with E-state index in [9.17, 15) is 34.5 Å². The zero-order valence-corrected chi connectivity index (χ0v) is 30.2. The Hall–Kier alpha value is -3.69. The van der Waals surface area contributed by atoms with Gasteiger partial charge in [-0.3, -0.25) is 9.80 Å². The molecule has 22 heteroatoms. The predicted octanol–water partition coefficient (Wildman–Crippen LogP) is 6.82. The molecule has 0 atom stereocenters. The lowest BCUT2D eigenvalue weighted by Crippen LogP contribution is -3.11. The van der Waals surface area contributed by atoms with Gasteiger partial charge < -0.3 is 58.4 Å². The highest BCUT2D eigenvalue weighted by molar-refractivity contribution is 9.10. The monoisotopic (exact) mass is 825 g/mol. The summed E-state index contributed by atoms with van der Waals surface area (Å²) >= 11 is 3.52. The summed E-state index contributed by atoms with van der Waals surface area (Å²) in [6.07, 6.45) is 0. The third kappa shape index (κ3) is 14.6. The molecule has 0 amide bonds. The molecule has 0 radical (unpaired) electrons. The van der Waals surface area contributed by atoms with Gasteiger partial charge in [-0.1, -0.05) is 15.9 Å². The molecule has 2 N–H and O–H groups in total. The van der Waals surface area contributed by atoms with E-state index < -0.39 is 14.5 Å². The van der Waals surface area contributed by atoms with Crippen molar-refractivity contribution in [1.82, 2.24) is 0 Å². The second kappa shape index (κ2) is 20.1. The second-order valence-corrected chi connectivity index (χ2v) is 12.5. The summed E-state index contributed by atoms with van der Waals surface area (Å²) in [6.45, 7) is 8.92. The van der Waals surface area contributed by atoms with Crippen LogP contribution in [-0.4, -0.2) is 101 Å². The number of hydrogen-bond donors (Lipinski definition) is 2. The molecular formula is C31H38B2BrF8N7O4. The maximum absolute atomic E-state index is 9.75. The van der Waals surface area contributed by atoms with Crippen LogP contribution >= 0.6 is 15.9 Å². The molecule has 290 valence electrons. The lowest BCUT2D eigenvalue weighted by Gasteiger charge is -2.33. The van der Waals surface area contributed by atoms with Crippen LogP contribution in [0.3, 0.4) is 0 Å². The molecular weight excluding hydrogens is 788 g/mol. The van der Waals surface area contributed by atoms with Crippen molar-refractivity contribution in [2.75, 3.05) is 90.9 Å². The van der Waals surface area contributed by atoms with Gasteiger partial charge in [0, 0.05) is 23.6 Å². The summed E-state index contributed by atoms with van der Waals surface area (Å²) in [5, 5.41) is 19.5. The van der Waals surface area contributed by atoms with Crippen LogP contribution in [0, 0.1) is 0 Å². The molecule has 3 fully saturated rings. The van der Waals surface area contributed by atoms with Gasteiger partial charge in [-0.25, -0.2) is 0 Å². The van der Waals surface area contributed by atoms with Crippen molar-refractivity contribution < 1.29 is 63.3 Å². The Morgan fingerprint density at radius 3 is 1.55 bits per heavy atom. The molecule has 0 spiro atoms. The number of azo groups is 2. The van der Waals surface area contributed by atoms with Crippen LogP contribution in [-0.2, 0) is 14.2 Å². The Bertz CT molecular complexity index is 1620. The van der Waals surface area contributed by atoms with Crippen molar-refractivity contribution in [3.63, 3.8) is 0 Å². The van der Waals surface area contributed by atoms with E-state index in [4.69, 9.17) is 39.4 Å².